The Kier molecular flexibility index (Phi) is 21.3. The number of hydrogen-bond acceptors (Lipinski definition) is 23. The summed E-state index contributed by atoms with van der Waals surface area (Å²) in [5.74, 6) is -0.510. The topological polar surface area (TPSA) is 319 Å². The minimum atomic E-state index is -5.05. The van der Waals surface area contributed by atoms with Crippen molar-refractivity contribution in [3.63, 3.8) is 0 Å². The molecule has 3 amide bonds. The van der Waals surface area contributed by atoms with Crippen LogP contribution in [0.15, 0.2) is 130 Å². The molecular formula is C74H84N7O18S3+. The van der Waals surface area contributed by atoms with Gasteiger partial charge in [-0.2, -0.15) is 0 Å². The Morgan fingerprint density at radius 2 is 1.24 bits per heavy atom. The number of ether oxygens (including phenoxy) is 7. The molecule has 0 radical (unpaired) electrons. The summed E-state index contributed by atoms with van der Waals surface area (Å²) in [7, 11) is 2.09. The highest BCUT2D eigenvalue weighted by atomic mass is 32.3. The SMILES string of the molecule is C=C(N)C(C)(C)COCC(C)(C)CNC(=O)c1ccc(O[C@@H]2O[C@H](CO)[C@H](O)[C@H](O)[C@H]2O)c(OS(=O)(=O)Oc2ccc(C[N+](C)(C)Cc3cc(COc4cc5c(cc4OC)C(=O)N4Cc6ccsc6CC4C=N5)cc(COc4cc5c(cc4OC)C(=O)N4Cc6ccsc6C[C@H]4C=N5)c3)cc2)c1. The Hall–Kier alpha value is -8.94. The molecule has 7 N–H and O–H groups in total. The number of nitrogens with one attached hydrogen (secondary N) is 1. The van der Waals surface area contributed by atoms with Crippen LogP contribution in [0.5, 0.6) is 40.2 Å². The number of fused-ring (bicyclic) bond motifs is 6. The predicted molar refractivity (Wildman–Crippen MR) is 382 cm³/mol. The third-order valence-corrected chi connectivity index (χ3v) is 21.3. The number of rotatable bonds is 27. The molecule has 7 atom stereocenters. The van der Waals surface area contributed by atoms with E-state index in [9.17, 15) is 43.2 Å². The van der Waals surface area contributed by atoms with Crippen molar-refractivity contribution < 1.29 is 89.2 Å². The molecule has 5 aliphatic heterocycles. The van der Waals surface area contributed by atoms with Crippen LogP contribution in [-0.2, 0) is 72.1 Å². The molecule has 0 aliphatic carbocycles. The first-order valence-corrected chi connectivity index (χ1v) is 36.2. The fourth-order valence-corrected chi connectivity index (χ4v) is 15.4. The highest BCUT2D eigenvalue weighted by molar-refractivity contribution is 7.82. The van der Waals surface area contributed by atoms with Gasteiger partial charge in [0, 0.05) is 100 Å². The average molecular weight is 1460 g/mol. The zero-order valence-corrected chi connectivity index (χ0v) is 60.3. The lowest BCUT2D eigenvalue weighted by Gasteiger charge is -2.39. The summed E-state index contributed by atoms with van der Waals surface area (Å²) in [6.07, 6.45) is -3.53. The van der Waals surface area contributed by atoms with Crippen LogP contribution in [0.4, 0.5) is 11.4 Å². The molecule has 0 spiro atoms. The Balaban J connectivity index is 0.763. The van der Waals surface area contributed by atoms with Gasteiger partial charge in [-0.25, -0.2) is 0 Å². The monoisotopic (exact) mass is 1450 g/mol. The second-order valence-corrected chi connectivity index (χ2v) is 31.3. The zero-order valence-electron chi connectivity index (χ0n) is 57.8. The molecule has 7 aromatic rings. The Labute approximate surface area is 599 Å². The van der Waals surface area contributed by atoms with E-state index in [0.717, 1.165) is 39.4 Å². The first kappa shape index (κ1) is 72.8. The number of carbonyl (C=O) groups is 3. The van der Waals surface area contributed by atoms with E-state index in [1.54, 1.807) is 59.1 Å². The Morgan fingerprint density at radius 3 is 1.77 bits per heavy atom. The van der Waals surface area contributed by atoms with Gasteiger partial charge in [0.1, 0.15) is 56.5 Å². The van der Waals surface area contributed by atoms with Crippen molar-refractivity contribution in [2.45, 2.75) is 123 Å². The number of nitrogens with zero attached hydrogens (tertiary/aromatic N) is 5. The van der Waals surface area contributed by atoms with Gasteiger partial charge in [0.15, 0.2) is 34.5 Å². The number of quaternary nitrogens is 1. The van der Waals surface area contributed by atoms with E-state index < -0.39 is 70.2 Å². The molecule has 12 rings (SSSR count). The third-order valence-electron chi connectivity index (χ3n) is 18.6. The van der Waals surface area contributed by atoms with Gasteiger partial charge in [0.2, 0.25) is 6.29 Å². The van der Waals surface area contributed by atoms with Crippen molar-refractivity contribution in [3.05, 3.63) is 180 Å². The number of aliphatic hydroxyl groups excluding tert-OH is 4. The maximum Gasteiger partial charge on any atom is 0.501 e. The molecule has 0 bridgehead atoms. The van der Waals surface area contributed by atoms with Gasteiger partial charge in [-0.1, -0.05) is 34.3 Å². The van der Waals surface area contributed by atoms with Crippen LogP contribution in [0.3, 0.4) is 0 Å². The maximum absolute atomic E-state index is 14.2. The fraction of sp³-hybridized carbons (Fsp3) is 0.392. The van der Waals surface area contributed by atoms with E-state index >= 15 is 0 Å². The van der Waals surface area contributed by atoms with Gasteiger partial charge in [-0.15, -0.1) is 31.1 Å². The van der Waals surface area contributed by atoms with Crippen molar-refractivity contribution in [2.75, 3.05) is 54.7 Å². The second kappa shape index (κ2) is 29.8. The molecule has 1 fully saturated rings. The van der Waals surface area contributed by atoms with Gasteiger partial charge >= 0.3 is 10.4 Å². The molecule has 7 heterocycles. The van der Waals surface area contributed by atoms with Crippen LogP contribution >= 0.6 is 22.7 Å². The number of thiophene rings is 2. The standard InChI is InChI=1S/C74H83N7O18S3/c1-42(75)74(4,5)41-93-40-73(2,3)39-78-69(86)47-12-15-57(96-72-68(85)67(84)66(83)63(36-82)97-72)62(23-47)99-102(89,90)98-52-13-10-43(11-14-52)34-81(6,7)35-44-20-45(37-94-60-28-55-53(26-58(60)91-8)70(87)79-32-48-16-18-100-64(48)24-50(79)30-76-55)22-46(21-44)38-95-61-29-56-54(27-59(61)92-9)71(88)80-33-49-17-19-101-65(49)25-51(80)31-77-56/h10-23,26-31,50-51,63,66-68,72,82-85H,1,24-25,32-41,75H2,2-9H3/p+1/t50-,51?,63+,66-,67-,68+,72+/m0/s1. The number of hydrogen-bond donors (Lipinski definition) is 6. The summed E-state index contributed by atoms with van der Waals surface area (Å²) in [5, 5.41) is 48.6. The number of methoxy groups -OCH3 is 2. The molecule has 102 heavy (non-hydrogen) atoms. The summed E-state index contributed by atoms with van der Waals surface area (Å²) < 4.78 is 81.5. The summed E-state index contributed by atoms with van der Waals surface area (Å²) in [6.45, 7) is 13.3. The van der Waals surface area contributed by atoms with Gasteiger partial charge < -0.3 is 87.3 Å². The van der Waals surface area contributed by atoms with Gasteiger partial charge in [0.25, 0.3) is 17.7 Å². The molecule has 1 unspecified atom stereocenters. The summed E-state index contributed by atoms with van der Waals surface area (Å²) >= 11 is 3.36. The van der Waals surface area contributed by atoms with Gasteiger partial charge in [-0.3, -0.25) is 24.4 Å². The predicted octanol–water partition coefficient (Wildman–Crippen LogP) is 8.48. The lowest BCUT2D eigenvalue weighted by Crippen LogP contribution is -2.60. The number of carbonyl (C=O) groups excluding carboxylic acids is 3. The van der Waals surface area contributed by atoms with Crippen molar-refractivity contribution in [3.8, 4) is 40.2 Å². The number of nitrogens with two attached hydrogens (primary N) is 1. The second-order valence-electron chi connectivity index (χ2n) is 28.2. The van der Waals surface area contributed by atoms with Crippen LogP contribution in [-0.4, -0.2) is 171 Å². The van der Waals surface area contributed by atoms with E-state index in [4.69, 9.17) is 57.2 Å². The van der Waals surface area contributed by atoms with Crippen LogP contribution in [0.1, 0.15) is 102 Å². The highest BCUT2D eigenvalue weighted by Crippen LogP contribution is 2.43. The first-order valence-electron chi connectivity index (χ1n) is 33.1. The quantitative estimate of drug-likeness (QED) is 0.0263. The maximum atomic E-state index is 14.2. The van der Waals surface area contributed by atoms with E-state index in [-0.39, 0.29) is 73.9 Å². The van der Waals surface area contributed by atoms with Crippen molar-refractivity contribution in [1.29, 1.82) is 0 Å². The van der Waals surface area contributed by atoms with Crippen molar-refractivity contribution in [2.24, 2.45) is 26.5 Å². The van der Waals surface area contributed by atoms with Gasteiger partial charge in [0.05, 0.1) is 82.7 Å². The van der Waals surface area contributed by atoms with Crippen LogP contribution in [0.25, 0.3) is 0 Å². The van der Waals surface area contributed by atoms with E-state index in [1.807, 2.05) is 93.0 Å². The third kappa shape index (κ3) is 16.4. The molecule has 2 aromatic heterocycles. The number of aliphatic imine (C=N–C) groups is 2. The van der Waals surface area contributed by atoms with Crippen LogP contribution in [0.2, 0.25) is 0 Å². The molecule has 1 saturated heterocycles. The highest BCUT2D eigenvalue weighted by Gasteiger charge is 2.46. The first-order chi connectivity index (χ1) is 48.5. The molecule has 25 nitrogen and oxygen atoms in total. The zero-order chi connectivity index (χ0) is 72.6. The number of amides is 3. The lowest BCUT2D eigenvalue weighted by atomic mass is 9.91. The van der Waals surface area contributed by atoms with E-state index in [0.29, 0.717) is 94.7 Å². The summed E-state index contributed by atoms with van der Waals surface area (Å²) in [6, 6.07) is 26.6. The molecule has 540 valence electrons. The average Bonchev–Trinajstić information content (AvgIpc) is 1.57. The normalized spacial score (nSPS) is 20.1. The van der Waals surface area contributed by atoms with Crippen LogP contribution < -0.4 is 43.1 Å². The van der Waals surface area contributed by atoms with Crippen molar-refractivity contribution >= 4 is 74.6 Å². The number of aliphatic hydroxyl groups is 4. The lowest BCUT2D eigenvalue weighted by molar-refractivity contribution is -0.916. The Bertz CT molecular complexity index is 4330. The fourth-order valence-electron chi connectivity index (χ4n) is 12.7. The molecule has 0 saturated carbocycles. The Morgan fingerprint density at radius 1 is 0.686 bits per heavy atom. The van der Waals surface area contributed by atoms with E-state index in [1.165, 1.54) is 48.2 Å². The number of benzene rings is 5. The molecule has 5 aliphatic rings. The summed E-state index contributed by atoms with van der Waals surface area (Å²) in [4.78, 5) is 58.0. The van der Waals surface area contributed by atoms with Crippen LogP contribution in [0, 0.1) is 10.8 Å². The molecular weight excluding hydrogens is 1370 g/mol. The minimum absolute atomic E-state index is 0.0661. The van der Waals surface area contributed by atoms with Crippen molar-refractivity contribution in [1.82, 2.24) is 15.1 Å². The van der Waals surface area contributed by atoms with Gasteiger partial charge in [-0.05, 0) is 118 Å². The minimum Gasteiger partial charge on any atom is -0.493 e. The molecule has 28 heteroatoms. The summed E-state index contributed by atoms with van der Waals surface area (Å²) in [5.41, 5.74) is 12.6. The largest absolute Gasteiger partial charge is 0.501 e. The molecule has 5 aromatic carbocycles. The van der Waals surface area contributed by atoms with E-state index in [2.05, 4.69) is 24.0 Å². The smallest absolute Gasteiger partial charge is 0.493 e.